The van der Waals surface area contributed by atoms with Crippen LogP contribution in [0.25, 0.3) is 0 Å². The van der Waals surface area contributed by atoms with Crippen molar-refractivity contribution in [2.45, 2.75) is 0 Å². The summed E-state index contributed by atoms with van der Waals surface area (Å²) in [6, 6.07) is 6.68. The number of aromatic nitrogens is 2. The number of H-pyrrole nitrogens is 2. The van der Waals surface area contributed by atoms with E-state index in [4.69, 9.17) is 10.2 Å². The van der Waals surface area contributed by atoms with E-state index < -0.39 is 11.9 Å². The molecule has 0 aromatic carbocycles. The normalized spacial score (nSPS) is 8.91. The minimum atomic E-state index is -1.55. The van der Waals surface area contributed by atoms with Gasteiger partial charge in [-0.05, 0) is 24.3 Å². The molecule has 0 spiro atoms. The Morgan fingerprint density at radius 2 is 1.23 bits per heavy atom. The molecule has 2 aromatic rings. The maximum Gasteiger partial charge on any atom is 0.209 e. The standard InChI is InChI=1S/2C5H5NO.C4H4O4/c2*7-5-2-1-3-6-4-5;5-3(6)1-2-4(7)8/h2*1-4,7H;1-2H,(H,5,6)(H,7,8)/b;;2-1+. The molecule has 0 saturated carbocycles. The van der Waals surface area contributed by atoms with Gasteiger partial charge in [0.15, 0.2) is 23.9 Å². The summed E-state index contributed by atoms with van der Waals surface area (Å²) in [5, 5.41) is 36.0. The van der Waals surface area contributed by atoms with Crippen LogP contribution < -0.4 is 20.2 Å². The Kier molecular flexibility index (Phi) is 9.64. The van der Waals surface area contributed by atoms with Crippen molar-refractivity contribution in [3.63, 3.8) is 0 Å². The topological polar surface area (TPSA) is 149 Å². The van der Waals surface area contributed by atoms with E-state index in [1.54, 1.807) is 36.7 Å². The molecule has 0 aliphatic carbocycles. The maximum atomic E-state index is 9.41. The fourth-order valence-corrected chi connectivity index (χ4v) is 0.904. The minimum absolute atomic E-state index is 0.266. The van der Waals surface area contributed by atoms with Gasteiger partial charge in [-0.15, -0.1) is 0 Å². The molecule has 4 N–H and O–H groups in total. The van der Waals surface area contributed by atoms with Gasteiger partial charge in [0.05, 0.1) is 11.9 Å². The van der Waals surface area contributed by atoms with E-state index in [1.165, 1.54) is 12.4 Å². The van der Waals surface area contributed by atoms with Gasteiger partial charge in [0, 0.05) is 12.1 Å². The van der Waals surface area contributed by atoms with Gasteiger partial charge >= 0.3 is 0 Å². The molecule has 0 atom stereocenters. The van der Waals surface area contributed by atoms with Crippen LogP contribution >= 0.6 is 0 Å². The van der Waals surface area contributed by atoms with Gasteiger partial charge in [-0.1, -0.05) is 0 Å². The van der Waals surface area contributed by atoms with Gasteiger partial charge in [-0.2, -0.15) is 0 Å². The Balaban J connectivity index is 0.000000301. The summed E-state index contributed by atoms with van der Waals surface area (Å²) >= 11 is 0. The van der Waals surface area contributed by atoms with Crippen LogP contribution in [0.2, 0.25) is 0 Å². The van der Waals surface area contributed by atoms with Crippen LogP contribution in [0.5, 0.6) is 11.5 Å². The highest BCUT2D eigenvalue weighted by Crippen LogP contribution is 1.97. The Labute approximate surface area is 125 Å². The van der Waals surface area contributed by atoms with Gasteiger partial charge in [0.1, 0.15) is 0 Å². The number of hydrogen-bond acceptors (Lipinski definition) is 6. The Morgan fingerprint density at radius 3 is 1.36 bits per heavy atom. The van der Waals surface area contributed by atoms with Crippen LogP contribution in [-0.4, -0.2) is 22.2 Å². The molecule has 22 heavy (non-hydrogen) atoms. The number of aromatic amines is 2. The molecule has 0 bridgehead atoms. The lowest BCUT2D eigenvalue weighted by molar-refractivity contribution is -0.379. The summed E-state index contributed by atoms with van der Waals surface area (Å²) in [7, 11) is 0. The van der Waals surface area contributed by atoms with E-state index in [-0.39, 0.29) is 11.5 Å². The Bertz CT molecular complexity index is 533. The van der Waals surface area contributed by atoms with Crippen molar-refractivity contribution in [3.05, 3.63) is 61.2 Å². The third-order valence-electron chi connectivity index (χ3n) is 1.74. The molecular formula is C14H14N2O6. The Hall–Kier alpha value is -3.42. The fourth-order valence-electron chi connectivity index (χ4n) is 0.904. The van der Waals surface area contributed by atoms with Crippen molar-refractivity contribution in [2.75, 3.05) is 0 Å². The summed E-state index contributed by atoms with van der Waals surface area (Å²) in [5.74, 6) is -2.56. The average Bonchev–Trinajstić information content (AvgIpc) is 2.48. The largest absolute Gasteiger partial charge is 0.545 e. The molecule has 0 unspecified atom stereocenters. The van der Waals surface area contributed by atoms with Crippen molar-refractivity contribution in [2.24, 2.45) is 0 Å². The van der Waals surface area contributed by atoms with E-state index in [1.807, 2.05) is 0 Å². The molecule has 0 fully saturated rings. The number of hydrogen-bond donors (Lipinski definition) is 2. The number of carbonyl (C=O) groups excluding carboxylic acids is 2. The predicted molar refractivity (Wildman–Crippen MR) is 68.5 cm³/mol. The second-order valence-electron chi connectivity index (χ2n) is 3.49. The van der Waals surface area contributed by atoms with Crippen molar-refractivity contribution in [1.82, 2.24) is 0 Å². The molecule has 8 heteroatoms. The fraction of sp³-hybridized carbons (Fsp3) is 0. The molecule has 2 rings (SSSR count). The third-order valence-corrected chi connectivity index (χ3v) is 1.74. The van der Waals surface area contributed by atoms with Crippen molar-refractivity contribution in [1.29, 1.82) is 0 Å². The van der Waals surface area contributed by atoms with Crippen molar-refractivity contribution >= 4 is 11.9 Å². The van der Waals surface area contributed by atoms with Gasteiger partial charge in [-0.3, -0.25) is 0 Å². The zero-order chi connectivity index (χ0) is 16.8. The molecule has 116 valence electrons. The molecule has 0 radical (unpaired) electrons. The van der Waals surface area contributed by atoms with Crippen molar-refractivity contribution in [3.8, 4) is 11.5 Å². The first-order valence-electron chi connectivity index (χ1n) is 5.82. The number of aliphatic carboxylic acids is 2. The van der Waals surface area contributed by atoms with Crippen LogP contribution in [-0.2, 0) is 9.59 Å². The van der Waals surface area contributed by atoms with E-state index >= 15 is 0 Å². The molecule has 0 amide bonds. The lowest BCUT2D eigenvalue weighted by Gasteiger charge is -1.90. The summed E-state index contributed by atoms with van der Waals surface area (Å²) in [4.78, 5) is 24.3. The first-order valence-corrected chi connectivity index (χ1v) is 5.82. The van der Waals surface area contributed by atoms with Crippen LogP contribution in [0.1, 0.15) is 0 Å². The van der Waals surface area contributed by atoms with E-state index in [2.05, 4.69) is 9.97 Å². The van der Waals surface area contributed by atoms with E-state index in [0.717, 1.165) is 0 Å². The second kappa shape index (κ2) is 11.4. The molecule has 8 nitrogen and oxygen atoms in total. The number of aromatic hydroxyl groups is 2. The summed E-state index contributed by atoms with van der Waals surface area (Å²) in [5.41, 5.74) is 0. The van der Waals surface area contributed by atoms with Gasteiger partial charge < -0.3 is 30.0 Å². The minimum Gasteiger partial charge on any atom is -0.545 e. The number of carboxylic acids is 2. The number of carbonyl (C=O) groups is 2. The summed E-state index contributed by atoms with van der Waals surface area (Å²) < 4.78 is 0. The first-order chi connectivity index (χ1) is 10.4. The molecule has 0 aliphatic rings. The second-order valence-corrected chi connectivity index (χ2v) is 3.49. The summed E-state index contributed by atoms with van der Waals surface area (Å²) in [6.45, 7) is 0. The zero-order valence-corrected chi connectivity index (χ0v) is 11.3. The highest BCUT2D eigenvalue weighted by atomic mass is 16.4. The lowest BCUT2D eigenvalue weighted by Crippen LogP contribution is -2.23. The van der Waals surface area contributed by atoms with Crippen LogP contribution in [0, 0.1) is 0 Å². The lowest BCUT2D eigenvalue weighted by atomic mass is 10.5. The highest BCUT2D eigenvalue weighted by molar-refractivity contribution is 5.87. The average molecular weight is 306 g/mol. The third kappa shape index (κ3) is 13.0. The summed E-state index contributed by atoms with van der Waals surface area (Å²) in [6.07, 6.45) is 7.27. The Morgan fingerprint density at radius 1 is 0.864 bits per heavy atom. The maximum absolute atomic E-state index is 9.41. The number of carboxylic acid groups (broad SMARTS) is 2. The molecule has 0 saturated heterocycles. The van der Waals surface area contributed by atoms with Crippen LogP contribution in [0.3, 0.4) is 0 Å². The predicted octanol–water partition coefficient (Wildman–Crippen LogP) is -2.54. The highest BCUT2D eigenvalue weighted by Gasteiger charge is 1.83. The smallest absolute Gasteiger partial charge is 0.209 e. The van der Waals surface area contributed by atoms with Gasteiger partial charge in [0.25, 0.3) is 0 Å². The number of pyridine rings is 2. The molecule has 2 aromatic heterocycles. The van der Waals surface area contributed by atoms with Crippen LogP contribution in [0.15, 0.2) is 61.2 Å². The zero-order valence-electron chi connectivity index (χ0n) is 11.3. The molecule has 0 aliphatic heterocycles. The SMILES string of the molecule is O=C([O-])/C=C/C(=O)[O-].Oc1ccc[nH+]c1.Oc1ccc[nH+]c1. The van der Waals surface area contributed by atoms with Crippen molar-refractivity contribution < 1.29 is 40.0 Å². The van der Waals surface area contributed by atoms with E-state index in [0.29, 0.717) is 12.2 Å². The molecular weight excluding hydrogens is 292 g/mol. The quantitative estimate of drug-likeness (QED) is 0.583. The van der Waals surface area contributed by atoms with Gasteiger partial charge in [0.2, 0.25) is 12.4 Å². The number of rotatable bonds is 2. The first kappa shape index (κ1) is 18.6. The number of nitrogens with one attached hydrogen (secondary N) is 2. The van der Waals surface area contributed by atoms with Crippen LogP contribution in [0.4, 0.5) is 0 Å². The van der Waals surface area contributed by atoms with Gasteiger partial charge in [-0.25, -0.2) is 9.97 Å². The monoisotopic (exact) mass is 306 g/mol. The molecule has 2 heterocycles. The van der Waals surface area contributed by atoms with E-state index in [9.17, 15) is 19.8 Å².